The van der Waals surface area contributed by atoms with Crippen molar-refractivity contribution in [3.8, 4) is 5.13 Å². The van der Waals surface area contributed by atoms with Crippen molar-refractivity contribution < 1.29 is 9.59 Å². The summed E-state index contributed by atoms with van der Waals surface area (Å²) in [5, 5.41) is 3.83. The number of carbonyl (C=O) groups is 2. The Balaban J connectivity index is 1.36. The molecule has 3 aromatic rings. The van der Waals surface area contributed by atoms with E-state index in [1.165, 1.54) is 0 Å². The zero-order valence-electron chi connectivity index (χ0n) is 14.4. The van der Waals surface area contributed by atoms with E-state index >= 15 is 0 Å². The maximum Gasteiger partial charge on any atom is 0.251 e. The van der Waals surface area contributed by atoms with Gasteiger partial charge in [-0.1, -0.05) is 11.3 Å². The number of nitrogens with one attached hydrogen (secondary N) is 1. The Labute approximate surface area is 155 Å². The molecule has 1 aliphatic rings. The van der Waals surface area contributed by atoms with Gasteiger partial charge in [0, 0.05) is 44.0 Å². The second-order valence-corrected chi connectivity index (χ2v) is 7.37. The number of likely N-dealkylation sites (tertiary alicyclic amines) is 1. The number of amides is 2. The third-order valence-corrected chi connectivity index (χ3v) is 5.56. The molecule has 0 bridgehead atoms. The van der Waals surface area contributed by atoms with Crippen LogP contribution in [-0.4, -0.2) is 45.9 Å². The van der Waals surface area contributed by atoms with Crippen LogP contribution in [-0.2, 0) is 4.79 Å². The van der Waals surface area contributed by atoms with Crippen LogP contribution < -0.4 is 5.32 Å². The summed E-state index contributed by atoms with van der Waals surface area (Å²) in [6.07, 6.45) is 6.29. The molecule has 4 rings (SSSR count). The first-order chi connectivity index (χ1) is 12.7. The van der Waals surface area contributed by atoms with E-state index in [0.717, 1.165) is 34.7 Å². The van der Waals surface area contributed by atoms with Gasteiger partial charge in [0.15, 0.2) is 5.13 Å². The van der Waals surface area contributed by atoms with Gasteiger partial charge in [-0.15, -0.1) is 0 Å². The summed E-state index contributed by atoms with van der Waals surface area (Å²) >= 11 is 1.56. The van der Waals surface area contributed by atoms with Crippen LogP contribution in [0, 0.1) is 0 Å². The van der Waals surface area contributed by atoms with E-state index in [1.54, 1.807) is 17.4 Å². The fraction of sp³-hybridized carbons (Fsp3) is 0.316. The molecule has 1 saturated heterocycles. The molecule has 0 unspecified atom stereocenters. The summed E-state index contributed by atoms with van der Waals surface area (Å²) in [4.78, 5) is 30.4. The summed E-state index contributed by atoms with van der Waals surface area (Å²) in [5.74, 6) is 0.140. The standard InChI is InChI=1S/C19H20N4O2S/c24-17-5-3-11-22(17)12-4-8-20-18(25)14-6-7-15-16(13-14)26-19(21-15)23-9-1-2-10-23/h1-2,6-7,9-10,13H,3-5,8,11-12H2,(H,20,25). The lowest BCUT2D eigenvalue weighted by molar-refractivity contribution is -0.127. The van der Waals surface area contributed by atoms with E-state index < -0.39 is 0 Å². The minimum atomic E-state index is -0.0874. The summed E-state index contributed by atoms with van der Waals surface area (Å²) in [6, 6.07) is 9.50. The number of hydrogen-bond acceptors (Lipinski definition) is 4. The second kappa shape index (κ2) is 7.29. The van der Waals surface area contributed by atoms with Gasteiger partial charge in [0.25, 0.3) is 5.91 Å². The first-order valence-corrected chi connectivity index (χ1v) is 9.62. The van der Waals surface area contributed by atoms with Crippen LogP contribution in [0.4, 0.5) is 0 Å². The molecule has 1 fully saturated rings. The normalized spacial score (nSPS) is 14.3. The lowest BCUT2D eigenvalue weighted by Crippen LogP contribution is -2.30. The lowest BCUT2D eigenvalue weighted by atomic mass is 10.2. The molecule has 0 aliphatic carbocycles. The lowest BCUT2D eigenvalue weighted by Gasteiger charge is -2.15. The molecule has 3 heterocycles. The van der Waals surface area contributed by atoms with Gasteiger partial charge in [-0.25, -0.2) is 4.98 Å². The highest BCUT2D eigenvalue weighted by molar-refractivity contribution is 7.20. The topological polar surface area (TPSA) is 67.2 Å². The van der Waals surface area contributed by atoms with Crippen LogP contribution in [0.5, 0.6) is 0 Å². The van der Waals surface area contributed by atoms with Crippen LogP contribution >= 0.6 is 11.3 Å². The first-order valence-electron chi connectivity index (χ1n) is 8.80. The van der Waals surface area contributed by atoms with Crippen LogP contribution in [0.25, 0.3) is 15.3 Å². The zero-order valence-corrected chi connectivity index (χ0v) is 15.2. The van der Waals surface area contributed by atoms with E-state index in [1.807, 2.05) is 46.1 Å². The molecule has 0 radical (unpaired) electrons. The first kappa shape index (κ1) is 16.8. The van der Waals surface area contributed by atoms with Gasteiger partial charge in [0.1, 0.15) is 0 Å². The maximum atomic E-state index is 12.4. The second-order valence-electron chi connectivity index (χ2n) is 6.36. The van der Waals surface area contributed by atoms with Gasteiger partial charge in [0.2, 0.25) is 5.91 Å². The SMILES string of the molecule is O=C(NCCCN1CCCC1=O)c1ccc2nc(-n3cccc3)sc2c1. The maximum absolute atomic E-state index is 12.4. The highest BCUT2D eigenvalue weighted by atomic mass is 32.1. The van der Waals surface area contributed by atoms with Crippen LogP contribution in [0.2, 0.25) is 0 Å². The molecule has 2 amide bonds. The van der Waals surface area contributed by atoms with Crippen LogP contribution in [0.1, 0.15) is 29.6 Å². The Hall–Kier alpha value is -2.67. The predicted molar refractivity (Wildman–Crippen MR) is 102 cm³/mol. The summed E-state index contributed by atoms with van der Waals surface area (Å²) in [7, 11) is 0. The monoisotopic (exact) mass is 368 g/mol. The number of carbonyl (C=O) groups excluding carboxylic acids is 2. The van der Waals surface area contributed by atoms with Crippen molar-refractivity contribution in [2.45, 2.75) is 19.3 Å². The molecule has 0 atom stereocenters. The fourth-order valence-electron chi connectivity index (χ4n) is 3.14. The molecule has 2 aromatic heterocycles. The average Bonchev–Trinajstić information content (AvgIpc) is 3.38. The van der Waals surface area contributed by atoms with E-state index in [4.69, 9.17) is 0 Å². The molecular weight excluding hydrogens is 348 g/mol. The Kier molecular flexibility index (Phi) is 4.71. The Bertz CT molecular complexity index is 932. The van der Waals surface area contributed by atoms with Crippen LogP contribution in [0.3, 0.4) is 0 Å². The van der Waals surface area contributed by atoms with Crippen molar-refractivity contribution in [2.75, 3.05) is 19.6 Å². The van der Waals surface area contributed by atoms with Gasteiger partial charge >= 0.3 is 0 Å². The Morgan fingerprint density at radius 1 is 1.27 bits per heavy atom. The van der Waals surface area contributed by atoms with E-state index in [-0.39, 0.29) is 11.8 Å². The average molecular weight is 368 g/mol. The highest BCUT2D eigenvalue weighted by Gasteiger charge is 2.19. The molecule has 6 nitrogen and oxygen atoms in total. The quantitative estimate of drug-likeness (QED) is 0.681. The van der Waals surface area contributed by atoms with Crippen molar-refractivity contribution in [3.05, 3.63) is 48.3 Å². The Morgan fingerprint density at radius 2 is 2.12 bits per heavy atom. The summed E-state index contributed by atoms with van der Waals surface area (Å²) in [5.41, 5.74) is 1.53. The van der Waals surface area contributed by atoms with Crippen molar-refractivity contribution in [1.29, 1.82) is 0 Å². The van der Waals surface area contributed by atoms with E-state index in [9.17, 15) is 9.59 Å². The molecular formula is C19H20N4O2S. The molecule has 26 heavy (non-hydrogen) atoms. The Morgan fingerprint density at radius 3 is 2.88 bits per heavy atom. The fourth-order valence-corrected chi connectivity index (χ4v) is 4.11. The molecule has 134 valence electrons. The van der Waals surface area contributed by atoms with Crippen molar-refractivity contribution in [3.63, 3.8) is 0 Å². The number of aromatic nitrogens is 2. The van der Waals surface area contributed by atoms with Gasteiger partial charge in [-0.3, -0.25) is 9.59 Å². The number of rotatable bonds is 6. The molecule has 1 aromatic carbocycles. The van der Waals surface area contributed by atoms with Gasteiger partial charge in [-0.05, 0) is 43.2 Å². The van der Waals surface area contributed by atoms with Gasteiger partial charge in [0.05, 0.1) is 10.2 Å². The number of nitrogens with zero attached hydrogens (tertiary/aromatic N) is 3. The largest absolute Gasteiger partial charge is 0.352 e. The third kappa shape index (κ3) is 3.48. The van der Waals surface area contributed by atoms with E-state index in [0.29, 0.717) is 25.1 Å². The van der Waals surface area contributed by atoms with Crippen LogP contribution in [0.15, 0.2) is 42.7 Å². The summed E-state index contributed by atoms with van der Waals surface area (Å²) in [6.45, 7) is 2.13. The van der Waals surface area contributed by atoms with Gasteiger partial charge in [-0.2, -0.15) is 0 Å². The molecule has 1 aliphatic heterocycles. The minimum Gasteiger partial charge on any atom is -0.352 e. The molecule has 7 heteroatoms. The van der Waals surface area contributed by atoms with E-state index in [2.05, 4.69) is 10.3 Å². The van der Waals surface area contributed by atoms with Gasteiger partial charge < -0.3 is 14.8 Å². The molecule has 0 spiro atoms. The highest BCUT2D eigenvalue weighted by Crippen LogP contribution is 2.26. The smallest absolute Gasteiger partial charge is 0.251 e. The number of hydrogen-bond donors (Lipinski definition) is 1. The number of thiazole rings is 1. The molecule has 1 N–H and O–H groups in total. The number of fused-ring (bicyclic) bond motifs is 1. The zero-order chi connectivity index (χ0) is 17.9. The predicted octanol–water partition coefficient (Wildman–Crippen LogP) is 2.83. The van der Waals surface area contributed by atoms with Crippen molar-refractivity contribution in [1.82, 2.24) is 19.8 Å². The number of benzene rings is 1. The van der Waals surface area contributed by atoms with Crippen molar-refractivity contribution in [2.24, 2.45) is 0 Å². The minimum absolute atomic E-state index is 0.0874. The van der Waals surface area contributed by atoms with Crippen molar-refractivity contribution >= 4 is 33.4 Å². The summed E-state index contributed by atoms with van der Waals surface area (Å²) < 4.78 is 2.95. The third-order valence-electron chi connectivity index (χ3n) is 4.53. The molecule has 0 saturated carbocycles.